The van der Waals surface area contributed by atoms with Crippen LogP contribution >= 0.6 is 0 Å². The first-order valence-electron chi connectivity index (χ1n) is 10.9. The fourth-order valence-corrected chi connectivity index (χ4v) is 14.5. The largest absolute Gasteiger partial charge is 0.415 e. The highest BCUT2D eigenvalue weighted by Gasteiger charge is 2.41. The molecule has 0 aliphatic heterocycles. The highest BCUT2D eigenvalue weighted by Crippen LogP contribution is 2.22. The van der Waals surface area contributed by atoms with Gasteiger partial charge in [0.2, 0.25) is 0 Å². The second-order valence-corrected chi connectivity index (χ2v) is 18.9. The monoisotopic (exact) mass is 491 g/mol. The van der Waals surface area contributed by atoms with Gasteiger partial charge in [-0.3, -0.25) is 4.98 Å². The third-order valence-electron chi connectivity index (χ3n) is 3.92. The van der Waals surface area contributed by atoms with E-state index in [2.05, 4.69) is 4.98 Å². The van der Waals surface area contributed by atoms with Crippen molar-refractivity contribution in [3.05, 3.63) is 30.1 Å². The zero-order valence-electron chi connectivity index (χ0n) is 20.3. The van der Waals surface area contributed by atoms with Gasteiger partial charge in [-0.05, 0) is 57.8 Å². The minimum Gasteiger partial charge on any atom is -0.415 e. The Morgan fingerprint density at radius 1 is 0.710 bits per heavy atom. The molecule has 0 aliphatic carbocycles. The quantitative estimate of drug-likeness (QED) is 0.226. The maximum atomic E-state index is 6.39. The van der Waals surface area contributed by atoms with Gasteiger partial charge in [-0.15, -0.1) is 0 Å². The smallest absolute Gasteiger partial charge is 0.323 e. The van der Waals surface area contributed by atoms with Crippen molar-refractivity contribution in [3.8, 4) is 0 Å². The van der Waals surface area contributed by atoms with E-state index in [0.29, 0.717) is 52.9 Å². The number of rotatable bonds is 18. The summed E-state index contributed by atoms with van der Waals surface area (Å²) in [5, 5.41) is 0. The second kappa shape index (κ2) is 14.6. The molecule has 1 aromatic rings. The lowest BCUT2D eigenvalue weighted by Gasteiger charge is -2.37. The van der Waals surface area contributed by atoms with Crippen LogP contribution in [-0.2, 0) is 37.9 Å². The second-order valence-electron chi connectivity index (χ2n) is 8.32. The van der Waals surface area contributed by atoms with E-state index in [1.165, 1.54) is 0 Å². The van der Waals surface area contributed by atoms with Crippen LogP contribution in [0.4, 0.5) is 0 Å². The standard InChI is InChI=1S/C20H41NO7Si3/c1-8-22-12-13-23-14-15-24-16-17-25-29(2,3)27-31(6,7)28-30(4,5)26-19-20-10-9-11-21-18-20/h9-11,18H,8,12-17,19H2,1-7H3. The van der Waals surface area contributed by atoms with Gasteiger partial charge in [-0.1, -0.05) is 6.07 Å². The molecule has 31 heavy (non-hydrogen) atoms. The number of aromatic nitrogens is 1. The van der Waals surface area contributed by atoms with Crippen molar-refractivity contribution >= 4 is 25.7 Å². The summed E-state index contributed by atoms with van der Waals surface area (Å²) in [4.78, 5) is 4.12. The minimum atomic E-state index is -2.42. The molecular formula is C20H41NO7Si3. The number of nitrogens with zero attached hydrogens (tertiary/aromatic N) is 1. The van der Waals surface area contributed by atoms with Gasteiger partial charge in [0.15, 0.2) is 0 Å². The first-order chi connectivity index (χ1) is 14.6. The molecule has 180 valence electrons. The lowest BCUT2D eigenvalue weighted by molar-refractivity contribution is 0.00952. The van der Waals surface area contributed by atoms with Crippen LogP contribution in [-0.4, -0.2) is 76.9 Å². The van der Waals surface area contributed by atoms with E-state index in [4.69, 9.17) is 31.3 Å². The fourth-order valence-electron chi connectivity index (χ4n) is 2.93. The van der Waals surface area contributed by atoms with Crippen molar-refractivity contribution in [3.63, 3.8) is 0 Å². The van der Waals surface area contributed by atoms with Crippen molar-refractivity contribution in [1.29, 1.82) is 0 Å². The molecule has 0 unspecified atom stereocenters. The molecule has 1 heterocycles. The van der Waals surface area contributed by atoms with Gasteiger partial charge >= 0.3 is 25.7 Å². The molecule has 1 rings (SSSR count). The molecule has 0 bridgehead atoms. The molecule has 1 aromatic heterocycles. The molecule has 0 aromatic carbocycles. The normalized spacial score (nSPS) is 13.0. The van der Waals surface area contributed by atoms with Gasteiger partial charge in [0.05, 0.1) is 46.2 Å². The summed E-state index contributed by atoms with van der Waals surface area (Å²) in [5.74, 6) is 0. The van der Waals surface area contributed by atoms with E-state index in [0.717, 1.165) is 5.56 Å². The van der Waals surface area contributed by atoms with Gasteiger partial charge in [0.1, 0.15) is 0 Å². The molecule has 0 aliphatic rings. The maximum absolute atomic E-state index is 6.39. The van der Waals surface area contributed by atoms with Crippen LogP contribution < -0.4 is 0 Å². The third-order valence-corrected chi connectivity index (χ3v) is 13.5. The highest BCUT2D eigenvalue weighted by molar-refractivity contribution is 6.84. The Hall–Kier alpha value is -0.479. The van der Waals surface area contributed by atoms with Gasteiger partial charge < -0.3 is 31.3 Å². The molecule has 0 spiro atoms. The van der Waals surface area contributed by atoms with Crippen molar-refractivity contribution in [1.82, 2.24) is 4.98 Å². The molecule has 0 saturated heterocycles. The van der Waals surface area contributed by atoms with E-state index in [1.54, 1.807) is 6.20 Å². The molecule has 0 N–H and O–H groups in total. The Balaban J connectivity index is 2.26. The van der Waals surface area contributed by atoms with E-state index < -0.39 is 25.7 Å². The molecule has 0 fully saturated rings. The van der Waals surface area contributed by atoms with Gasteiger partial charge in [0.25, 0.3) is 0 Å². The average Bonchev–Trinajstić information content (AvgIpc) is 2.67. The Bertz CT molecular complexity index is 591. The van der Waals surface area contributed by atoms with E-state index >= 15 is 0 Å². The zero-order valence-corrected chi connectivity index (χ0v) is 23.3. The number of pyridine rings is 1. The van der Waals surface area contributed by atoms with Gasteiger partial charge in [-0.2, -0.15) is 0 Å². The van der Waals surface area contributed by atoms with E-state index in [1.807, 2.05) is 64.5 Å². The Labute approximate surface area is 191 Å². The molecule has 11 heteroatoms. The molecule has 0 radical (unpaired) electrons. The molecule has 0 atom stereocenters. The van der Waals surface area contributed by atoms with Crippen LogP contribution in [0.15, 0.2) is 24.5 Å². The maximum Gasteiger partial charge on any atom is 0.323 e. The Kier molecular flexibility index (Phi) is 13.5. The van der Waals surface area contributed by atoms with Crippen LogP contribution in [0.25, 0.3) is 0 Å². The summed E-state index contributed by atoms with van der Waals surface area (Å²) in [6.45, 7) is 18.7. The van der Waals surface area contributed by atoms with E-state index in [-0.39, 0.29) is 0 Å². The third kappa shape index (κ3) is 15.1. The fraction of sp³-hybridized carbons (Fsp3) is 0.750. The van der Waals surface area contributed by atoms with Crippen molar-refractivity contribution in [2.45, 2.75) is 52.8 Å². The predicted molar refractivity (Wildman–Crippen MR) is 128 cm³/mol. The Morgan fingerprint density at radius 2 is 1.26 bits per heavy atom. The zero-order chi connectivity index (χ0) is 23.2. The van der Waals surface area contributed by atoms with E-state index in [9.17, 15) is 0 Å². The summed E-state index contributed by atoms with van der Waals surface area (Å²) >= 11 is 0. The van der Waals surface area contributed by atoms with Crippen molar-refractivity contribution in [2.75, 3.05) is 46.2 Å². The molecule has 8 nitrogen and oxygen atoms in total. The number of hydrogen-bond donors (Lipinski definition) is 0. The van der Waals surface area contributed by atoms with Gasteiger partial charge in [-0.25, -0.2) is 0 Å². The summed E-state index contributed by atoms with van der Waals surface area (Å²) in [7, 11) is -7.13. The first-order valence-corrected chi connectivity index (χ1v) is 19.3. The minimum absolute atomic E-state index is 0.487. The summed E-state index contributed by atoms with van der Waals surface area (Å²) in [6.07, 6.45) is 3.56. The highest BCUT2D eigenvalue weighted by atomic mass is 28.5. The molecule has 0 saturated carbocycles. The summed E-state index contributed by atoms with van der Waals surface area (Å²) < 4.78 is 41.1. The first kappa shape index (κ1) is 28.6. The molecule has 0 amide bonds. The van der Waals surface area contributed by atoms with Crippen LogP contribution in [0.3, 0.4) is 0 Å². The lowest BCUT2D eigenvalue weighted by atomic mass is 10.3. The lowest BCUT2D eigenvalue weighted by Crippen LogP contribution is -2.54. The summed E-state index contributed by atoms with van der Waals surface area (Å²) in [6, 6.07) is 3.90. The SMILES string of the molecule is CCOCCOCCOCCO[Si](C)(C)O[Si](C)(C)O[Si](C)(C)OCc1cccnc1. The van der Waals surface area contributed by atoms with Crippen LogP contribution in [0.1, 0.15) is 12.5 Å². The van der Waals surface area contributed by atoms with Crippen LogP contribution in [0.5, 0.6) is 0 Å². The summed E-state index contributed by atoms with van der Waals surface area (Å²) in [5.41, 5.74) is 1.03. The molecular weight excluding hydrogens is 450 g/mol. The topological polar surface area (TPSA) is 77.5 Å². The number of ether oxygens (including phenoxy) is 3. The average molecular weight is 492 g/mol. The van der Waals surface area contributed by atoms with Crippen molar-refractivity contribution in [2.24, 2.45) is 0 Å². The Morgan fingerprint density at radius 3 is 1.81 bits per heavy atom. The number of hydrogen-bond acceptors (Lipinski definition) is 8. The van der Waals surface area contributed by atoms with Crippen LogP contribution in [0, 0.1) is 0 Å². The van der Waals surface area contributed by atoms with Crippen molar-refractivity contribution < 1.29 is 31.3 Å². The van der Waals surface area contributed by atoms with Gasteiger partial charge in [0, 0.05) is 19.0 Å². The van der Waals surface area contributed by atoms with Crippen LogP contribution in [0.2, 0.25) is 39.3 Å². The predicted octanol–water partition coefficient (Wildman–Crippen LogP) is 3.82.